The first-order chi connectivity index (χ1) is 7.29. The Morgan fingerprint density at radius 1 is 1.33 bits per heavy atom. The SMILES string of the molecule is C=C.CC.CC1=Cc2cccnc2C1F. The summed E-state index contributed by atoms with van der Waals surface area (Å²) in [5.74, 6) is 0. The number of nitrogens with zero attached hydrogens (tertiary/aromatic N) is 1. The fourth-order valence-electron chi connectivity index (χ4n) is 1.30. The predicted octanol–water partition coefficient (Wildman–Crippen LogP) is 4.34. The van der Waals surface area contributed by atoms with Gasteiger partial charge >= 0.3 is 0 Å². The highest BCUT2D eigenvalue weighted by molar-refractivity contribution is 5.62. The van der Waals surface area contributed by atoms with E-state index in [1.165, 1.54) is 0 Å². The molecule has 0 N–H and O–H groups in total. The molecule has 0 aromatic carbocycles. The molecule has 1 aliphatic carbocycles. The number of fused-ring (bicyclic) bond motifs is 1. The van der Waals surface area contributed by atoms with Crippen LogP contribution in [0.2, 0.25) is 0 Å². The Bertz CT molecular complexity index is 331. The molecule has 0 bridgehead atoms. The lowest BCUT2D eigenvalue weighted by molar-refractivity contribution is 0.393. The van der Waals surface area contributed by atoms with Gasteiger partial charge in [-0.05, 0) is 24.1 Å². The smallest absolute Gasteiger partial charge is 0.164 e. The zero-order chi connectivity index (χ0) is 11.8. The summed E-state index contributed by atoms with van der Waals surface area (Å²) in [6.45, 7) is 11.8. The van der Waals surface area contributed by atoms with E-state index in [1.807, 2.05) is 32.1 Å². The average Bonchev–Trinajstić information content (AvgIpc) is 2.61. The second-order valence-corrected chi connectivity index (χ2v) is 2.73. The van der Waals surface area contributed by atoms with Crippen molar-refractivity contribution in [1.29, 1.82) is 0 Å². The molecule has 1 aromatic heterocycles. The van der Waals surface area contributed by atoms with E-state index in [0.717, 1.165) is 11.1 Å². The molecule has 0 amide bonds. The number of halogens is 1. The van der Waals surface area contributed by atoms with Crippen LogP contribution >= 0.6 is 0 Å². The van der Waals surface area contributed by atoms with Crippen LogP contribution in [-0.2, 0) is 0 Å². The van der Waals surface area contributed by atoms with Gasteiger partial charge in [-0.15, -0.1) is 13.2 Å². The third-order valence-electron chi connectivity index (χ3n) is 1.89. The topological polar surface area (TPSA) is 12.9 Å². The van der Waals surface area contributed by atoms with Crippen molar-refractivity contribution < 1.29 is 4.39 Å². The lowest BCUT2D eigenvalue weighted by atomic mass is 10.2. The number of pyridine rings is 1. The van der Waals surface area contributed by atoms with E-state index < -0.39 is 6.17 Å². The number of aromatic nitrogens is 1. The molecule has 0 saturated carbocycles. The van der Waals surface area contributed by atoms with Crippen LogP contribution in [0.25, 0.3) is 6.08 Å². The second-order valence-electron chi connectivity index (χ2n) is 2.73. The van der Waals surface area contributed by atoms with Crippen molar-refractivity contribution in [2.75, 3.05) is 0 Å². The van der Waals surface area contributed by atoms with E-state index in [0.29, 0.717) is 5.69 Å². The second kappa shape index (κ2) is 6.93. The summed E-state index contributed by atoms with van der Waals surface area (Å²) in [5.41, 5.74) is 2.22. The van der Waals surface area contributed by atoms with Crippen molar-refractivity contribution in [2.45, 2.75) is 26.9 Å². The summed E-state index contributed by atoms with van der Waals surface area (Å²) >= 11 is 0. The molecule has 1 aliphatic rings. The van der Waals surface area contributed by atoms with Crippen molar-refractivity contribution in [2.24, 2.45) is 0 Å². The molecule has 2 heteroatoms. The van der Waals surface area contributed by atoms with Crippen molar-refractivity contribution >= 4 is 6.08 Å². The summed E-state index contributed by atoms with van der Waals surface area (Å²) < 4.78 is 13.2. The minimum absolute atomic E-state index is 0.560. The molecule has 82 valence electrons. The van der Waals surface area contributed by atoms with E-state index in [1.54, 1.807) is 13.1 Å². The van der Waals surface area contributed by atoms with Gasteiger partial charge in [-0.3, -0.25) is 4.98 Å². The predicted molar refractivity (Wildman–Crippen MR) is 64.3 cm³/mol. The summed E-state index contributed by atoms with van der Waals surface area (Å²) in [6, 6.07) is 3.70. The number of hydrogen-bond acceptors (Lipinski definition) is 1. The Kier molecular flexibility index (Phi) is 6.27. The van der Waals surface area contributed by atoms with Crippen LogP contribution in [0.3, 0.4) is 0 Å². The summed E-state index contributed by atoms with van der Waals surface area (Å²) in [4.78, 5) is 3.96. The Balaban J connectivity index is 0.000000442. The highest BCUT2D eigenvalue weighted by Gasteiger charge is 2.22. The van der Waals surface area contributed by atoms with Gasteiger partial charge in [0.2, 0.25) is 0 Å². The standard InChI is InChI=1S/C9H8FN.C2H6.C2H4/c1-6-5-7-3-2-4-11-9(7)8(6)10;2*1-2/h2-5,8H,1H3;1-2H3;1-2H2. The molecular weight excluding hydrogens is 189 g/mol. The highest BCUT2D eigenvalue weighted by atomic mass is 19.1. The Labute approximate surface area is 91.4 Å². The van der Waals surface area contributed by atoms with E-state index in [9.17, 15) is 4.39 Å². The van der Waals surface area contributed by atoms with Crippen molar-refractivity contribution in [3.63, 3.8) is 0 Å². The first kappa shape index (κ1) is 13.6. The molecule has 0 radical (unpaired) electrons. The van der Waals surface area contributed by atoms with Gasteiger partial charge in [0, 0.05) is 6.20 Å². The first-order valence-corrected chi connectivity index (χ1v) is 5.06. The Morgan fingerprint density at radius 2 is 1.93 bits per heavy atom. The zero-order valence-electron chi connectivity index (χ0n) is 9.63. The van der Waals surface area contributed by atoms with Gasteiger partial charge in [0.1, 0.15) is 0 Å². The third-order valence-corrected chi connectivity index (χ3v) is 1.89. The normalized spacial score (nSPS) is 16.3. The van der Waals surface area contributed by atoms with Crippen LogP contribution < -0.4 is 0 Å². The number of rotatable bonds is 0. The van der Waals surface area contributed by atoms with Crippen LogP contribution in [0.5, 0.6) is 0 Å². The first-order valence-electron chi connectivity index (χ1n) is 5.06. The molecule has 1 atom stereocenters. The lowest BCUT2D eigenvalue weighted by Crippen LogP contribution is -1.91. The molecule has 2 rings (SSSR count). The molecule has 0 fully saturated rings. The number of alkyl halides is 1. The van der Waals surface area contributed by atoms with Gasteiger partial charge in [0.15, 0.2) is 6.17 Å². The summed E-state index contributed by atoms with van der Waals surface area (Å²) in [5, 5.41) is 0. The van der Waals surface area contributed by atoms with Gasteiger partial charge in [-0.1, -0.05) is 26.0 Å². The fourth-order valence-corrected chi connectivity index (χ4v) is 1.30. The largest absolute Gasteiger partial charge is 0.257 e. The van der Waals surface area contributed by atoms with Crippen molar-refractivity contribution in [1.82, 2.24) is 4.98 Å². The van der Waals surface area contributed by atoms with E-state index >= 15 is 0 Å². The molecule has 1 nitrogen and oxygen atoms in total. The Hall–Kier alpha value is -1.44. The molecule has 1 aromatic rings. The maximum Gasteiger partial charge on any atom is 0.164 e. The number of allylic oxidation sites excluding steroid dienone is 1. The van der Waals surface area contributed by atoms with Gasteiger partial charge in [0.25, 0.3) is 0 Å². The van der Waals surface area contributed by atoms with Crippen LogP contribution in [-0.4, -0.2) is 4.98 Å². The molecular formula is C13H18FN. The maximum absolute atomic E-state index is 13.2. The molecule has 1 heterocycles. The summed E-state index contributed by atoms with van der Waals surface area (Å²) in [6.07, 6.45) is 2.48. The molecule has 1 unspecified atom stereocenters. The van der Waals surface area contributed by atoms with Crippen LogP contribution in [0.15, 0.2) is 37.1 Å². The fraction of sp³-hybridized carbons (Fsp3) is 0.308. The number of hydrogen-bond donors (Lipinski definition) is 0. The Morgan fingerprint density at radius 3 is 2.47 bits per heavy atom. The highest BCUT2D eigenvalue weighted by Crippen LogP contribution is 2.34. The van der Waals surface area contributed by atoms with Gasteiger partial charge in [-0.2, -0.15) is 0 Å². The third kappa shape index (κ3) is 3.01. The van der Waals surface area contributed by atoms with Gasteiger partial charge in [0.05, 0.1) is 5.69 Å². The zero-order valence-corrected chi connectivity index (χ0v) is 9.63. The lowest BCUT2D eigenvalue weighted by Gasteiger charge is -2.00. The minimum atomic E-state index is -0.980. The van der Waals surface area contributed by atoms with E-state index in [4.69, 9.17) is 0 Å². The average molecular weight is 207 g/mol. The van der Waals surface area contributed by atoms with Crippen LogP contribution in [0.1, 0.15) is 38.2 Å². The van der Waals surface area contributed by atoms with Crippen molar-refractivity contribution in [3.8, 4) is 0 Å². The van der Waals surface area contributed by atoms with Crippen molar-refractivity contribution in [3.05, 3.63) is 48.3 Å². The molecule has 0 aliphatic heterocycles. The van der Waals surface area contributed by atoms with Gasteiger partial charge in [-0.25, -0.2) is 4.39 Å². The van der Waals surface area contributed by atoms with Gasteiger partial charge < -0.3 is 0 Å². The summed E-state index contributed by atoms with van der Waals surface area (Å²) in [7, 11) is 0. The molecule has 0 spiro atoms. The monoisotopic (exact) mass is 207 g/mol. The maximum atomic E-state index is 13.2. The van der Waals surface area contributed by atoms with Crippen LogP contribution in [0.4, 0.5) is 4.39 Å². The molecule has 0 saturated heterocycles. The van der Waals surface area contributed by atoms with Crippen LogP contribution in [0, 0.1) is 0 Å². The quantitative estimate of drug-likeness (QED) is 0.577. The van der Waals surface area contributed by atoms with E-state index in [2.05, 4.69) is 18.1 Å². The molecule has 15 heavy (non-hydrogen) atoms. The van der Waals surface area contributed by atoms with E-state index in [-0.39, 0.29) is 0 Å². The minimum Gasteiger partial charge on any atom is -0.257 e.